The van der Waals surface area contributed by atoms with Crippen molar-refractivity contribution >= 4 is 12.0 Å². The van der Waals surface area contributed by atoms with Crippen LogP contribution in [0.3, 0.4) is 0 Å². The first-order chi connectivity index (χ1) is 9.65. The Hall–Kier alpha value is -1.30. The summed E-state index contributed by atoms with van der Waals surface area (Å²) in [6, 6.07) is -0.182. The van der Waals surface area contributed by atoms with Crippen molar-refractivity contribution in [3.63, 3.8) is 0 Å². The molecule has 1 aliphatic heterocycles. The van der Waals surface area contributed by atoms with Crippen LogP contribution in [0, 0.1) is 5.92 Å². The molecular formula is C14H24N2O4. The molecule has 6 nitrogen and oxygen atoms in total. The van der Waals surface area contributed by atoms with Crippen LogP contribution in [0.5, 0.6) is 0 Å². The van der Waals surface area contributed by atoms with Crippen molar-refractivity contribution in [2.45, 2.75) is 57.2 Å². The van der Waals surface area contributed by atoms with E-state index in [2.05, 4.69) is 10.6 Å². The minimum Gasteiger partial charge on any atom is -0.479 e. The van der Waals surface area contributed by atoms with Crippen molar-refractivity contribution in [2.75, 3.05) is 13.1 Å². The van der Waals surface area contributed by atoms with Crippen molar-refractivity contribution in [3.8, 4) is 0 Å². The van der Waals surface area contributed by atoms with Gasteiger partial charge in [0.1, 0.15) is 0 Å². The molecule has 1 saturated carbocycles. The summed E-state index contributed by atoms with van der Waals surface area (Å²) in [5.74, 6) is -0.317. The van der Waals surface area contributed by atoms with E-state index in [1.807, 2.05) is 0 Å². The van der Waals surface area contributed by atoms with Gasteiger partial charge in [-0.3, -0.25) is 0 Å². The Kier molecular flexibility index (Phi) is 5.64. The largest absolute Gasteiger partial charge is 0.479 e. The molecule has 6 heteroatoms. The summed E-state index contributed by atoms with van der Waals surface area (Å²) in [7, 11) is 0. The summed E-state index contributed by atoms with van der Waals surface area (Å²) in [4.78, 5) is 22.4. The number of rotatable bonds is 5. The lowest BCUT2D eigenvalue weighted by Gasteiger charge is -2.22. The second-order valence-corrected chi connectivity index (χ2v) is 5.76. The van der Waals surface area contributed by atoms with Gasteiger partial charge in [-0.1, -0.05) is 19.3 Å². The first kappa shape index (κ1) is 15.1. The molecular weight excluding hydrogens is 260 g/mol. The summed E-state index contributed by atoms with van der Waals surface area (Å²) in [6.45, 7) is 1.11. The molecule has 20 heavy (non-hydrogen) atoms. The highest BCUT2D eigenvalue weighted by Gasteiger charge is 2.30. The van der Waals surface area contributed by atoms with Crippen LogP contribution in [0.25, 0.3) is 0 Å². The molecule has 0 spiro atoms. The van der Waals surface area contributed by atoms with Crippen LogP contribution in [-0.2, 0) is 9.53 Å². The van der Waals surface area contributed by atoms with Gasteiger partial charge >= 0.3 is 12.0 Å². The Balaban J connectivity index is 1.57. The molecule has 2 aliphatic rings. The third-order valence-corrected chi connectivity index (χ3v) is 4.15. The standard InChI is InChI=1S/C14H24N2O4/c17-13(18)12-7-6-11(20-12)9-16-14(19)15-8-10-4-2-1-3-5-10/h10-12H,1-9H2,(H,17,18)(H2,15,16,19). The van der Waals surface area contributed by atoms with Crippen LogP contribution in [0.15, 0.2) is 0 Å². The molecule has 1 saturated heterocycles. The summed E-state index contributed by atoms with van der Waals surface area (Å²) < 4.78 is 5.33. The fourth-order valence-corrected chi connectivity index (χ4v) is 2.93. The highest BCUT2D eigenvalue weighted by Crippen LogP contribution is 2.22. The number of carboxylic acid groups (broad SMARTS) is 1. The number of hydrogen-bond acceptors (Lipinski definition) is 3. The average Bonchev–Trinajstić information content (AvgIpc) is 2.93. The van der Waals surface area contributed by atoms with Gasteiger partial charge < -0.3 is 20.5 Å². The molecule has 2 fully saturated rings. The maximum atomic E-state index is 11.7. The Morgan fingerprint density at radius 1 is 1.00 bits per heavy atom. The maximum absolute atomic E-state index is 11.7. The Morgan fingerprint density at radius 3 is 2.35 bits per heavy atom. The summed E-state index contributed by atoms with van der Waals surface area (Å²) in [6.07, 6.45) is 6.54. The number of hydrogen-bond donors (Lipinski definition) is 3. The fraction of sp³-hybridized carbons (Fsp3) is 0.857. The van der Waals surface area contributed by atoms with E-state index in [0.717, 1.165) is 6.54 Å². The lowest BCUT2D eigenvalue weighted by Crippen LogP contribution is -2.42. The number of ether oxygens (including phenoxy) is 1. The molecule has 1 aliphatic carbocycles. The highest BCUT2D eigenvalue weighted by molar-refractivity contribution is 5.74. The molecule has 0 aromatic heterocycles. The smallest absolute Gasteiger partial charge is 0.332 e. The van der Waals surface area contributed by atoms with Gasteiger partial charge in [0.15, 0.2) is 6.10 Å². The van der Waals surface area contributed by atoms with Gasteiger partial charge in [-0.25, -0.2) is 9.59 Å². The van der Waals surface area contributed by atoms with Gasteiger partial charge in [-0.2, -0.15) is 0 Å². The quantitative estimate of drug-likeness (QED) is 0.714. The molecule has 2 amide bonds. The predicted molar refractivity (Wildman–Crippen MR) is 73.5 cm³/mol. The Labute approximate surface area is 119 Å². The number of amides is 2. The summed E-state index contributed by atoms with van der Waals surface area (Å²) in [5.41, 5.74) is 0. The van der Waals surface area contributed by atoms with E-state index in [4.69, 9.17) is 9.84 Å². The van der Waals surface area contributed by atoms with Crippen molar-refractivity contribution < 1.29 is 19.4 Å². The number of carbonyl (C=O) groups excluding carboxylic acids is 1. The predicted octanol–water partition coefficient (Wildman–Crippen LogP) is 1.50. The third-order valence-electron chi connectivity index (χ3n) is 4.15. The van der Waals surface area contributed by atoms with Crippen LogP contribution in [0.4, 0.5) is 4.79 Å². The van der Waals surface area contributed by atoms with Crippen molar-refractivity contribution in [2.24, 2.45) is 5.92 Å². The van der Waals surface area contributed by atoms with Gasteiger partial charge in [0, 0.05) is 13.1 Å². The zero-order chi connectivity index (χ0) is 14.4. The zero-order valence-corrected chi connectivity index (χ0v) is 11.8. The van der Waals surface area contributed by atoms with E-state index in [-0.39, 0.29) is 12.1 Å². The normalized spacial score (nSPS) is 27.2. The first-order valence-electron chi connectivity index (χ1n) is 7.55. The van der Waals surface area contributed by atoms with Crippen LogP contribution in [0.2, 0.25) is 0 Å². The third kappa shape index (κ3) is 4.67. The van der Waals surface area contributed by atoms with E-state index in [1.54, 1.807) is 0 Å². The van der Waals surface area contributed by atoms with Crippen LogP contribution >= 0.6 is 0 Å². The van der Waals surface area contributed by atoms with Gasteiger partial charge in [0.05, 0.1) is 6.10 Å². The zero-order valence-electron chi connectivity index (χ0n) is 11.8. The van der Waals surface area contributed by atoms with E-state index < -0.39 is 12.1 Å². The molecule has 2 unspecified atom stereocenters. The SMILES string of the molecule is O=C(NCC1CCCCC1)NCC1CCC(C(=O)O)O1. The van der Waals surface area contributed by atoms with Gasteiger partial charge in [-0.05, 0) is 31.6 Å². The average molecular weight is 284 g/mol. The molecule has 3 N–H and O–H groups in total. The fourth-order valence-electron chi connectivity index (χ4n) is 2.93. The lowest BCUT2D eigenvalue weighted by atomic mass is 9.89. The maximum Gasteiger partial charge on any atom is 0.332 e. The molecule has 0 aromatic carbocycles. The second-order valence-electron chi connectivity index (χ2n) is 5.76. The van der Waals surface area contributed by atoms with E-state index in [0.29, 0.717) is 25.3 Å². The van der Waals surface area contributed by atoms with E-state index >= 15 is 0 Å². The van der Waals surface area contributed by atoms with E-state index in [1.165, 1.54) is 32.1 Å². The monoisotopic (exact) mass is 284 g/mol. The second kappa shape index (κ2) is 7.47. The minimum absolute atomic E-state index is 0.182. The van der Waals surface area contributed by atoms with Gasteiger partial charge in [0.25, 0.3) is 0 Å². The van der Waals surface area contributed by atoms with Crippen molar-refractivity contribution in [3.05, 3.63) is 0 Å². The Morgan fingerprint density at radius 2 is 1.70 bits per heavy atom. The van der Waals surface area contributed by atoms with Crippen molar-refractivity contribution in [1.82, 2.24) is 10.6 Å². The highest BCUT2D eigenvalue weighted by atomic mass is 16.5. The van der Waals surface area contributed by atoms with Crippen molar-refractivity contribution in [1.29, 1.82) is 0 Å². The van der Waals surface area contributed by atoms with Crippen LogP contribution in [0.1, 0.15) is 44.9 Å². The van der Waals surface area contributed by atoms with Gasteiger partial charge in [0.2, 0.25) is 0 Å². The number of carboxylic acids is 1. The van der Waals surface area contributed by atoms with E-state index in [9.17, 15) is 9.59 Å². The van der Waals surface area contributed by atoms with Crippen LogP contribution in [-0.4, -0.2) is 42.4 Å². The number of carbonyl (C=O) groups is 2. The summed E-state index contributed by atoms with van der Waals surface area (Å²) in [5, 5.41) is 14.5. The summed E-state index contributed by atoms with van der Waals surface area (Å²) >= 11 is 0. The topological polar surface area (TPSA) is 87.7 Å². The number of nitrogens with one attached hydrogen (secondary N) is 2. The molecule has 0 bridgehead atoms. The molecule has 0 aromatic rings. The minimum atomic E-state index is -0.922. The molecule has 2 rings (SSSR count). The van der Waals surface area contributed by atoms with Gasteiger partial charge in [-0.15, -0.1) is 0 Å². The lowest BCUT2D eigenvalue weighted by molar-refractivity contribution is -0.149. The molecule has 0 radical (unpaired) electrons. The van der Waals surface area contributed by atoms with Crippen LogP contribution < -0.4 is 10.6 Å². The number of aliphatic carboxylic acids is 1. The molecule has 2 atom stereocenters. The number of urea groups is 1. The first-order valence-corrected chi connectivity index (χ1v) is 7.55. The molecule has 1 heterocycles. The molecule has 114 valence electrons. The Bertz CT molecular complexity index is 342.